The number of nitrogens with one attached hydrogen (secondary N) is 1. The van der Waals surface area contributed by atoms with Gasteiger partial charge in [0.25, 0.3) is 5.91 Å². The van der Waals surface area contributed by atoms with E-state index in [4.69, 9.17) is 4.74 Å². The van der Waals surface area contributed by atoms with Crippen LogP contribution in [0.1, 0.15) is 36.0 Å². The Kier molecular flexibility index (Phi) is 6.66. The van der Waals surface area contributed by atoms with Crippen molar-refractivity contribution in [3.63, 3.8) is 0 Å². The highest BCUT2D eigenvalue weighted by atomic mass is 32.2. The number of hydrogen-bond acceptors (Lipinski definition) is 5. The number of carbonyl (C=O) groups is 1. The zero-order valence-corrected chi connectivity index (χ0v) is 18.9. The third-order valence-electron chi connectivity index (χ3n) is 6.14. The second kappa shape index (κ2) is 9.46. The van der Waals surface area contributed by atoms with E-state index in [1.807, 2.05) is 24.3 Å². The Balaban J connectivity index is 1.39. The Morgan fingerprint density at radius 1 is 1.03 bits per heavy atom. The quantitative estimate of drug-likeness (QED) is 0.716. The minimum absolute atomic E-state index is 0.0271. The highest BCUT2D eigenvalue weighted by Crippen LogP contribution is 2.25. The van der Waals surface area contributed by atoms with E-state index in [0.29, 0.717) is 13.1 Å². The molecule has 172 valence electrons. The number of rotatable bonds is 6. The molecular weight excluding hydrogens is 433 g/mol. The van der Waals surface area contributed by atoms with Gasteiger partial charge in [-0.25, -0.2) is 12.8 Å². The molecule has 1 N–H and O–H groups in total. The average Bonchev–Trinajstić information content (AvgIpc) is 3.36. The first kappa shape index (κ1) is 22.5. The normalized spacial score (nSPS) is 18.0. The monoisotopic (exact) mass is 461 g/mol. The number of sulfonamides is 1. The van der Waals surface area contributed by atoms with Crippen LogP contribution < -0.4 is 15.0 Å². The lowest BCUT2D eigenvalue weighted by Crippen LogP contribution is -2.44. The zero-order valence-electron chi connectivity index (χ0n) is 18.1. The van der Waals surface area contributed by atoms with Crippen molar-refractivity contribution < 1.29 is 22.3 Å². The number of hydrogen-bond donors (Lipinski definition) is 1. The first-order valence-electron chi connectivity index (χ1n) is 10.9. The molecule has 2 aromatic carbocycles. The molecule has 2 aliphatic heterocycles. The maximum atomic E-state index is 14.3. The highest BCUT2D eigenvalue weighted by molar-refractivity contribution is 7.89. The standard InChI is InChI=1S/C23H28FN3O4S/c1-31-20-7-5-19(6-8-20)26-14-10-18(11-15-26)25-23(28)17-4-9-21(24)22(16-17)32(29,30)27-12-2-3-13-27/h4-9,16,18H,2-3,10-15H2,1H3,(H,25,28). The van der Waals surface area contributed by atoms with E-state index in [0.717, 1.165) is 62.3 Å². The van der Waals surface area contributed by atoms with Crippen LogP contribution in [-0.2, 0) is 10.0 Å². The molecule has 0 radical (unpaired) electrons. The van der Waals surface area contributed by atoms with Crippen molar-refractivity contribution in [2.45, 2.75) is 36.6 Å². The fraction of sp³-hybridized carbons (Fsp3) is 0.435. The molecule has 2 aliphatic rings. The number of piperidine rings is 1. The zero-order chi connectivity index (χ0) is 22.7. The van der Waals surface area contributed by atoms with Gasteiger partial charge in [0.2, 0.25) is 10.0 Å². The van der Waals surface area contributed by atoms with Gasteiger partial charge in [-0.2, -0.15) is 4.31 Å². The maximum absolute atomic E-state index is 14.3. The van der Waals surface area contributed by atoms with Crippen LogP contribution in [0.3, 0.4) is 0 Å². The SMILES string of the molecule is COc1ccc(N2CCC(NC(=O)c3ccc(F)c(S(=O)(=O)N4CCCC4)c3)CC2)cc1. The summed E-state index contributed by atoms with van der Waals surface area (Å²) in [5.41, 5.74) is 1.26. The Labute approximate surface area is 188 Å². The molecule has 0 bridgehead atoms. The van der Waals surface area contributed by atoms with E-state index in [1.165, 1.54) is 10.4 Å². The number of benzene rings is 2. The van der Waals surface area contributed by atoms with Gasteiger partial charge in [0.05, 0.1) is 7.11 Å². The molecule has 0 atom stereocenters. The summed E-state index contributed by atoms with van der Waals surface area (Å²) in [7, 11) is -2.30. The Hall–Kier alpha value is -2.65. The number of amides is 1. The topological polar surface area (TPSA) is 79.0 Å². The summed E-state index contributed by atoms with van der Waals surface area (Å²) < 4.78 is 46.4. The predicted molar refractivity (Wildman–Crippen MR) is 120 cm³/mol. The lowest BCUT2D eigenvalue weighted by atomic mass is 10.0. The molecule has 2 aromatic rings. The van der Waals surface area contributed by atoms with E-state index in [2.05, 4.69) is 10.2 Å². The van der Waals surface area contributed by atoms with Crippen molar-refractivity contribution in [1.82, 2.24) is 9.62 Å². The van der Waals surface area contributed by atoms with E-state index in [1.54, 1.807) is 7.11 Å². The van der Waals surface area contributed by atoms with Gasteiger partial charge in [-0.15, -0.1) is 0 Å². The number of methoxy groups -OCH3 is 1. The second-order valence-corrected chi connectivity index (χ2v) is 10.1. The van der Waals surface area contributed by atoms with Gasteiger partial charge < -0.3 is 15.0 Å². The molecule has 0 aromatic heterocycles. The van der Waals surface area contributed by atoms with Crippen molar-refractivity contribution in [2.75, 3.05) is 38.2 Å². The van der Waals surface area contributed by atoms with Crippen molar-refractivity contribution >= 4 is 21.6 Å². The number of carbonyl (C=O) groups excluding carboxylic acids is 1. The molecule has 1 amide bonds. The number of halogens is 1. The van der Waals surface area contributed by atoms with Crippen molar-refractivity contribution in [2.24, 2.45) is 0 Å². The van der Waals surface area contributed by atoms with Crippen LogP contribution in [0.4, 0.5) is 10.1 Å². The van der Waals surface area contributed by atoms with Crippen LogP contribution in [-0.4, -0.2) is 58.0 Å². The van der Waals surface area contributed by atoms with Crippen molar-refractivity contribution in [1.29, 1.82) is 0 Å². The molecular formula is C23H28FN3O4S. The predicted octanol–water partition coefficient (Wildman–Crippen LogP) is 3.02. The molecule has 2 fully saturated rings. The van der Waals surface area contributed by atoms with Gasteiger partial charge in [-0.05, 0) is 68.1 Å². The Morgan fingerprint density at radius 3 is 2.31 bits per heavy atom. The summed E-state index contributed by atoms with van der Waals surface area (Å²) >= 11 is 0. The molecule has 9 heteroatoms. The van der Waals surface area contributed by atoms with E-state index in [9.17, 15) is 17.6 Å². The van der Waals surface area contributed by atoms with Gasteiger partial charge in [-0.1, -0.05) is 0 Å². The minimum atomic E-state index is -3.94. The number of ether oxygens (including phenoxy) is 1. The maximum Gasteiger partial charge on any atom is 0.251 e. The van der Waals surface area contributed by atoms with Crippen molar-refractivity contribution in [3.8, 4) is 5.75 Å². The fourth-order valence-corrected chi connectivity index (χ4v) is 5.86. The summed E-state index contributed by atoms with van der Waals surface area (Å²) in [6, 6.07) is 11.4. The summed E-state index contributed by atoms with van der Waals surface area (Å²) in [5, 5.41) is 2.98. The number of nitrogens with zero attached hydrogens (tertiary/aromatic N) is 2. The van der Waals surface area contributed by atoms with Crippen LogP contribution in [0.15, 0.2) is 47.4 Å². The molecule has 2 heterocycles. The molecule has 0 aliphatic carbocycles. The van der Waals surface area contributed by atoms with Crippen LogP contribution in [0, 0.1) is 5.82 Å². The summed E-state index contributed by atoms with van der Waals surface area (Å²) in [6.07, 6.45) is 3.04. The first-order chi connectivity index (χ1) is 15.4. The Morgan fingerprint density at radius 2 is 1.69 bits per heavy atom. The summed E-state index contributed by atoms with van der Waals surface area (Å²) in [5.74, 6) is -0.409. The molecule has 4 rings (SSSR count). The first-order valence-corrected chi connectivity index (χ1v) is 12.3. The summed E-state index contributed by atoms with van der Waals surface area (Å²) in [6.45, 7) is 2.33. The third-order valence-corrected chi connectivity index (χ3v) is 8.06. The minimum Gasteiger partial charge on any atom is -0.497 e. The van der Waals surface area contributed by atoms with E-state index >= 15 is 0 Å². The second-order valence-electron chi connectivity index (χ2n) is 8.19. The largest absolute Gasteiger partial charge is 0.497 e. The van der Waals surface area contributed by atoms with Gasteiger partial charge in [0, 0.05) is 43.5 Å². The number of anilines is 1. The van der Waals surface area contributed by atoms with Crippen LogP contribution in [0.25, 0.3) is 0 Å². The highest BCUT2D eigenvalue weighted by Gasteiger charge is 2.31. The molecule has 7 nitrogen and oxygen atoms in total. The molecule has 0 unspecified atom stereocenters. The third kappa shape index (κ3) is 4.73. The lowest BCUT2D eigenvalue weighted by Gasteiger charge is -2.34. The van der Waals surface area contributed by atoms with Crippen LogP contribution >= 0.6 is 0 Å². The lowest BCUT2D eigenvalue weighted by molar-refractivity contribution is 0.0931. The average molecular weight is 462 g/mol. The van der Waals surface area contributed by atoms with E-state index < -0.39 is 20.7 Å². The van der Waals surface area contributed by atoms with Crippen molar-refractivity contribution in [3.05, 3.63) is 53.8 Å². The molecule has 0 spiro atoms. The van der Waals surface area contributed by atoms with E-state index in [-0.39, 0.29) is 17.5 Å². The van der Waals surface area contributed by atoms with Gasteiger partial charge in [0.1, 0.15) is 16.5 Å². The van der Waals surface area contributed by atoms with Crippen LogP contribution in [0.5, 0.6) is 5.75 Å². The van der Waals surface area contributed by atoms with Gasteiger partial charge >= 0.3 is 0 Å². The molecule has 2 saturated heterocycles. The van der Waals surface area contributed by atoms with Gasteiger partial charge in [0.15, 0.2) is 0 Å². The fourth-order valence-electron chi connectivity index (χ4n) is 4.25. The Bertz CT molecular complexity index is 1060. The van der Waals surface area contributed by atoms with Crippen LogP contribution in [0.2, 0.25) is 0 Å². The molecule has 0 saturated carbocycles. The summed E-state index contributed by atoms with van der Waals surface area (Å²) in [4.78, 5) is 14.6. The smallest absolute Gasteiger partial charge is 0.251 e. The molecule has 32 heavy (non-hydrogen) atoms. The van der Waals surface area contributed by atoms with Gasteiger partial charge in [-0.3, -0.25) is 4.79 Å².